The van der Waals surface area contributed by atoms with Crippen LogP contribution in [0.4, 0.5) is 0 Å². The second-order valence-electron chi connectivity index (χ2n) is 10.3. The lowest BCUT2D eigenvalue weighted by molar-refractivity contribution is 0.992. The quantitative estimate of drug-likeness (QED) is 0.230. The second-order valence-corrected chi connectivity index (χ2v) is 10.3. The number of benzene rings is 6. The summed E-state index contributed by atoms with van der Waals surface area (Å²) in [5.41, 5.74) is 9.09. The van der Waals surface area contributed by atoms with Crippen molar-refractivity contribution in [1.82, 2.24) is 14.5 Å². The predicted molar refractivity (Wildman–Crippen MR) is 170 cm³/mol. The third-order valence-electron chi connectivity index (χ3n) is 7.90. The monoisotopic (exact) mass is 523 g/mol. The molecule has 6 aromatic carbocycles. The van der Waals surface area contributed by atoms with Gasteiger partial charge in [-0.05, 0) is 51.4 Å². The van der Waals surface area contributed by atoms with Crippen molar-refractivity contribution < 1.29 is 0 Å². The Hall–Kier alpha value is -5.54. The van der Waals surface area contributed by atoms with Crippen LogP contribution in [-0.2, 0) is 0 Å². The van der Waals surface area contributed by atoms with Gasteiger partial charge in [-0.1, -0.05) is 121 Å². The Bertz CT molecular complexity index is 2190. The third-order valence-corrected chi connectivity index (χ3v) is 7.90. The lowest BCUT2D eigenvalue weighted by Gasteiger charge is -2.10. The van der Waals surface area contributed by atoms with E-state index in [4.69, 9.17) is 9.97 Å². The molecule has 0 amide bonds. The molecule has 0 radical (unpaired) electrons. The van der Waals surface area contributed by atoms with Gasteiger partial charge in [0, 0.05) is 34.1 Å². The summed E-state index contributed by atoms with van der Waals surface area (Å²) in [5.74, 6) is 0.669. The molecule has 192 valence electrons. The van der Waals surface area contributed by atoms with E-state index in [0.29, 0.717) is 5.95 Å². The number of fused-ring (bicyclic) bond motifs is 5. The van der Waals surface area contributed by atoms with Crippen LogP contribution in [0, 0.1) is 0 Å². The van der Waals surface area contributed by atoms with E-state index in [9.17, 15) is 0 Å². The molecule has 0 N–H and O–H groups in total. The molecule has 0 saturated carbocycles. The van der Waals surface area contributed by atoms with Crippen molar-refractivity contribution in [3.8, 4) is 39.3 Å². The van der Waals surface area contributed by atoms with Crippen molar-refractivity contribution in [1.29, 1.82) is 0 Å². The highest BCUT2D eigenvalue weighted by Crippen LogP contribution is 2.36. The highest BCUT2D eigenvalue weighted by atomic mass is 15.1. The standard InChI is InChI=1S/C38H25N3/c1-2-10-26(11-3-1)28-13-8-14-29(22-28)30-15-9-16-31(23-30)32-24-39-38(40-25-32)41-36-19-7-6-18-34(36)35-21-20-27-12-4-5-17-33(27)37(35)41/h1-25H. The molecule has 41 heavy (non-hydrogen) atoms. The van der Waals surface area contributed by atoms with E-state index in [-0.39, 0.29) is 0 Å². The minimum absolute atomic E-state index is 0.669. The van der Waals surface area contributed by atoms with Crippen LogP contribution in [0.2, 0.25) is 0 Å². The highest BCUT2D eigenvalue weighted by molar-refractivity contribution is 6.18. The van der Waals surface area contributed by atoms with Crippen LogP contribution in [-0.4, -0.2) is 14.5 Å². The van der Waals surface area contributed by atoms with E-state index in [1.54, 1.807) is 0 Å². The molecular weight excluding hydrogens is 498 g/mol. The lowest BCUT2D eigenvalue weighted by atomic mass is 9.97. The first kappa shape index (κ1) is 23.4. The van der Waals surface area contributed by atoms with Gasteiger partial charge in [0.05, 0.1) is 11.0 Å². The summed E-state index contributed by atoms with van der Waals surface area (Å²) < 4.78 is 2.20. The molecule has 3 heteroatoms. The smallest absolute Gasteiger partial charge is 0.234 e. The summed E-state index contributed by atoms with van der Waals surface area (Å²) in [6.07, 6.45) is 3.88. The maximum absolute atomic E-state index is 4.91. The van der Waals surface area contributed by atoms with E-state index in [2.05, 4.69) is 138 Å². The molecule has 0 unspecified atom stereocenters. The van der Waals surface area contributed by atoms with Crippen LogP contribution in [0.5, 0.6) is 0 Å². The zero-order chi connectivity index (χ0) is 27.2. The number of aromatic nitrogens is 3. The number of hydrogen-bond donors (Lipinski definition) is 0. The molecule has 0 atom stereocenters. The maximum atomic E-state index is 4.91. The average Bonchev–Trinajstić information content (AvgIpc) is 3.40. The largest absolute Gasteiger partial charge is 0.277 e. The number of para-hydroxylation sites is 1. The topological polar surface area (TPSA) is 30.7 Å². The zero-order valence-electron chi connectivity index (χ0n) is 22.3. The molecule has 2 aromatic heterocycles. The predicted octanol–water partition coefficient (Wildman–Crippen LogP) is 9.73. The van der Waals surface area contributed by atoms with E-state index in [1.807, 2.05) is 18.5 Å². The van der Waals surface area contributed by atoms with Gasteiger partial charge in [0.25, 0.3) is 0 Å². The van der Waals surface area contributed by atoms with Gasteiger partial charge in [0.2, 0.25) is 5.95 Å². The number of nitrogens with zero attached hydrogens (tertiary/aromatic N) is 3. The summed E-state index contributed by atoms with van der Waals surface area (Å²) in [5, 5.41) is 4.80. The van der Waals surface area contributed by atoms with E-state index in [1.165, 1.54) is 43.8 Å². The van der Waals surface area contributed by atoms with E-state index < -0.39 is 0 Å². The number of rotatable bonds is 4. The van der Waals surface area contributed by atoms with Gasteiger partial charge in [-0.3, -0.25) is 4.57 Å². The molecule has 0 saturated heterocycles. The van der Waals surface area contributed by atoms with Gasteiger partial charge in [-0.2, -0.15) is 0 Å². The van der Waals surface area contributed by atoms with Crippen LogP contribution in [0.25, 0.3) is 71.9 Å². The summed E-state index contributed by atoms with van der Waals surface area (Å²) in [6.45, 7) is 0. The van der Waals surface area contributed by atoms with Gasteiger partial charge in [0.15, 0.2) is 0 Å². The third kappa shape index (κ3) is 3.98. The van der Waals surface area contributed by atoms with Crippen molar-refractivity contribution in [3.63, 3.8) is 0 Å². The zero-order valence-corrected chi connectivity index (χ0v) is 22.3. The fourth-order valence-electron chi connectivity index (χ4n) is 5.91. The normalized spacial score (nSPS) is 11.4. The molecule has 8 rings (SSSR count). The van der Waals surface area contributed by atoms with E-state index in [0.717, 1.165) is 22.2 Å². The lowest BCUT2D eigenvalue weighted by Crippen LogP contribution is -2.01. The van der Waals surface area contributed by atoms with Gasteiger partial charge >= 0.3 is 0 Å². The van der Waals surface area contributed by atoms with Crippen LogP contribution in [0.1, 0.15) is 0 Å². The Labute approximate surface area is 238 Å². The van der Waals surface area contributed by atoms with Gasteiger partial charge < -0.3 is 0 Å². The summed E-state index contributed by atoms with van der Waals surface area (Å²) >= 11 is 0. The average molecular weight is 524 g/mol. The molecular formula is C38H25N3. The van der Waals surface area contributed by atoms with Crippen molar-refractivity contribution in [2.75, 3.05) is 0 Å². The highest BCUT2D eigenvalue weighted by Gasteiger charge is 2.16. The molecule has 0 fully saturated rings. The minimum Gasteiger partial charge on any atom is -0.277 e. The maximum Gasteiger partial charge on any atom is 0.234 e. The van der Waals surface area contributed by atoms with Crippen LogP contribution in [0.3, 0.4) is 0 Å². The Morgan fingerprint density at radius 3 is 1.68 bits per heavy atom. The first-order valence-electron chi connectivity index (χ1n) is 13.8. The second kappa shape index (κ2) is 9.58. The van der Waals surface area contributed by atoms with Crippen molar-refractivity contribution >= 4 is 32.6 Å². The fraction of sp³-hybridized carbons (Fsp3) is 0. The summed E-state index contributed by atoms with van der Waals surface area (Å²) in [7, 11) is 0. The van der Waals surface area contributed by atoms with Gasteiger partial charge in [0.1, 0.15) is 0 Å². The van der Waals surface area contributed by atoms with Crippen molar-refractivity contribution in [2.24, 2.45) is 0 Å². The van der Waals surface area contributed by atoms with Crippen molar-refractivity contribution in [2.45, 2.75) is 0 Å². The van der Waals surface area contributed by atoms with Gasteiger partial charge in [-0.25, -0.2) is 9.97 Å². The number of hydrogen-bond acceptors (Lipinski definition) is 2. The molecule has 3 nitrogen and oxygen atoms in total. The molecule has 0 aliphatic rings. The van der Waals surface area contributed by atoms with E-state index >= 15 is 0 Å². The SMILES string of the molecule is c1ccc(-c2cccc(-c3cccc(-c4cnc(-n5c6ccccc6c6ccc7ccccc7c65)nc4)c3)c2)cc1. The molecule has 0 aliphatic heterocycles. The Morgan fingerprint density at radius 2 is 0.951 bits per heavy atom. The summed E-state index contributed by atoms with van der Waals surface area (Å²) in [4.78, 5) is 9.83. The van der Waals surface area contributed by atoms with Crippen LogP contribution < -0.4 is 0 Å². The molecule has 0 spiro atoms. The fourth-order valence-corrected chi connectivity index (χ4v) is 5.91. The molecule has 2 heterocycles. The van der Waals surface area contributed by atoms with Crippen molar-refractivity contribution in [3.05, 3.63) is 152 Å². The molecule has 8 aromatic rings. The first-order valence-corrected chi connectivity index (χ1v) is 13.8. The molecule has 0 aliphatic carbocycles. The van der Waals surface area contributed by atoms with Gasteiger partial charge in [-0.15, -0.1) is 0 Å². The molecule has 0 bridgehead atoms. The summed E-state index contributed by atoms with van der Waals surface area (Å²) in [6, 6.07) is 49.2. The first-order chi connectivity index (χ1) is 20.3. The Morgan fingerprint density at radius 1 is 0.390 bits per heavy atom. The Kier molecular flexibility index (Phi) is 5.46. The van der Waals surface area contributed by atoms with Crippen LogP contribution in [0.15, 0.2) is 152 Å². The Balaban J connectivity index is 1.21. The minimum atomic E-state index is 0.669. The van der Waals surface area contributed by atoms with Crippen LogP contribution >= 0.6 is 0 Å².